The molecule has 0 radical (unpaired) electrons. The molecule has 8 heteroatoms. The lowest BCUT2D eigenvalue weighted by Gasteiger charge is -2.56. The molecule has 6 nitrogen and oxygen atoms in total. The third kappa shape index (κ3) is 4.61. The summed E-state index contributed by atoms with van der Waals surface area (Å²) in [6.45, 7) is 2.44. The summed E-state index contributed by atoms with van der Waals surface area (Å²) in [5.74, 6) is 2.71. The van der Waals surface area contributed by atoms with E-state index in [9.17, 15) is 8.42 Å². The minimum absolute atomic E-state index is 0.0249. The fourth-order valence-electron chi connectivity index (χ4n) is 5.07. The van der Waals surface area contributed by atoms with Crippen LogP contribution in [0.5, 0.6) is 0 Å². The van der Waals surface area contributed by atoms with Crippen molar-refractivity contribution in [3.63, 3.8) is 0 Å². The highest BCUT2D eigenvalue weighted by Crippen LogP contribution is 2.57. The molecule has 23 heavy (non-hydrogen) atoms. The molecule has 3 N–H and O–H groups in total. The maximum atomic E-state index is 10.7. The van der Waals surface area contributed by atoms with Gasteiger partial charge in [-0.3, -0.25) is 9.55 Å². The monoisotopic (exact) mass is 362 g/mol. The molecule has 0 spiro atoms. The topological polar surface area (TPSA) is 102 Å². The molecule has 0 amide bonds. The van der Waals surface area contributed by atoms with Crippen LogP contribution < -0.4 is 5.73 Å². The Morgan fingerprint density at radius 1 is 1.30 bits per heavy atom. The van der Waals surface area contributed by atoms with E-state index in [0.717, 1.165) is 17.8 Å². The second-order valence-electron chi connectivity index (χ2n) is 7.55. The first kappa shape index (κ1) is 17.5. The van der Waals surface area contributed by atoms with Gasteiger partial charge in [-0.25, -0.2) is 0 Å². The van der Waals surface area contributed by atoms with Gasteiger partial charge in [0.25, 0.3) is 0 Å². The number of nitrogens with two attached hydrogens (primary N) is 1. The van der Waals surface area contributed by atoms with Crippen LogP contribution in [0.25, 0.3) is 0 Å². The van der Waals surface area contributed by atoms with Crippen molar-refractivity contribution in [1.82, 2.24) is 0 Å². The minimum atomic E-state index is -4.07. The second kappa shape index (κ2) is 6.54. The highest BCUT2D eigenvalue weighted by atomic mass is 33.1. The summed E-state index contributed by atoms with van der Waals surface area (Å²) in [7, 11) is -3.69. The Labute approximate surface area is 141 Å². The van der Waals surface area contributed by atoms with Gasteiger partial charge in [-0.1, -0.05) is 0 Å². The van der Waals surface area contributed by atoms with Crippen LogP contribution >= 0.6 is 10.8 Å². The van der Waals surface area contributed by atoms with Crippen molar-refractivity contribution < 1.29 is 17.7 Å². The maximum absolute atomic E-state index is 10.7. The standard InChI is InChI=1S/C15H26N2O4S2/c1-10(8-17-14(16)9-22-23(18,19)20)21-15-5-11-2-12(6-15)4-13(3-11)7-15/h10-13H,2-9H2,1H3,(H2,16,17)(H,18,19,20). The van der Waals surface area contributed by atoms with Gasteiger partial charge in [0.2, 0.25) is 0 Å². The first-order valence-electron chi connectivity index (χ1n) is 8.31. The van der Waals surface area contributed by atoms with Crippen LogP contribution in [-0.4, -0.2) is 42.8 Å². The van der Waals surface area contributed by atoms with Crippen molar-refractivity contribution in [1.29, 1.82) is 0 Å². The van der Waals surface area contributed by atoms with E-state index in [1.165, 1.54) is 38.5 Å². The smallest absolute Gasteiger partial charge is 0.320 e. The van der Waals surface area contributed by atoms with Crippen molar-refractivity contribution >= 4 is 25.8 Å². The number of amidine groups is 1. The zero-order chi connectivity index (χ0) is 16.7. The van der Waals surface area contributed by atoms with Gasteiger partial charge in [0.1, 0.15) is 5.84 Å². The molecule has 4 aliphatic rings. The number of ether oxygens (including phenoxy) is 1. The van der Waals surface area contributed by atoms with Crippen LogP contribution in [0.2, 0.25) is 0 Å². The molecule has 0 saturated heterocycles. The molecule has 1 unspecified atom stereocenters. The molecular formula is C15H26N2O4S2. The van der Waals surface area contributed by atoms with Gasteiger partial charge in [-0.2, -0.15) is 8.42 Å². The normalized spacial score (nSPS) is 38.0. The van der Waals surface area contributed by atoms with Crippen molar-refractivity contribution in [2.45, 2.75) is 57.2 Å². The minimum Gasteiger partial charge on any atom is -0.387 e. The van der Waals surface area contributed by atoms with Crippen LogP contribution in [0, 0.1) is 17.8 Å². The molecule has 132 valence electrons. The molecule has 0 aromatic carbocycles. The number of rotatable bonds is 7. The van der Waals surface area contributed by atoms with Gasteiger partial charge in [0, 0.05) is 10.8 Å². The number of nitrogens with zero attached hydrogens (tertiary/aromatic N) is 1. The van der Waals surface area contributed by atoms with E-state index in [2.05, 4.69) is 4.99 Å². The average Bonchev–Trinajstić information content (AvgIpc) is 2.40. The lowest BCUT2D eigenvalue weighted by Crippen LogP contribution is -2.53. The molecule has 4 bridgehead atoms. The van der Waals surface area contributed by atoms with E-state index in [4.69, 9.17) is 15.0 Å². The van der Waals surface area contributed by atoms with Crippen LogP contribution in [0.15, 0.2) is 4.99 Å². The second-order valence-corrected chi connectivity index (χ2v) is 10.9. The first-order chi connectivity index (χ1) is 10.7. The van der Waals surface area contributed by atoms with Crippen LogP contribution in [0.3, 0.4) is 0 Å². The van der Waals surface area contributed by atoms with E-state index < -0.39 is 9.15 Å². The zero-order valence-corrected chi connectivity index (χ0v) is 15.1. The molecule has 4 rings (SSSR count). The molecule has 0 aromatic rings. The highest BCUT2D eigenvalue weighted by Gasteiger charge is 2.52. The van der Waals surface area contributed by atoms with Gasteiger partial charge < -0.3 is 10.5 Å². The van der Waals surface area contributed by atoms with E-state index >= 15 is 0 Å². The lowest BCUT2D eigenvalue weighted by molar-refractivity contribution is -0.181. The van der Waals surface area contributed by atoms with Crippen molar-refractivity contribution in [2.24, 2.45) is 28.5 Å². The van der Waals surface area contributed by atoms with Crippen LogP contribution in [0.1, 0.15) is 45.4 Å². The lowest BCUT2D eigenvalue weighted by atomic mass is 9.54. The fraction of sp³-hybridized carbons (Fsp3) is 0.933. The molecular weight excluding hydrogens is 336 g/mol. The predicted octanol–water partition coefficient (Wildman–Crippen LogP) is 2.25. The highest BCUT2D eigenvalue weighted by molar-refractivity contribution is 8.70. The Kier molecular flexibility index (Phi) is 4.98. The average molecular weight is 363 g/mol. The Bertz CT molecular complexity index is 541. The molecule has 4 fully saturated rings. The molecule has 4 aliphatic carbocycles. The van der Waals surface area contributed by atoms with Gasteiger partial charge in [-0.05, 0) is 63.2 Å². The zero-order valence-electron chi connectivity index (χ0n) is 13.5. The largest absolute Gasteiger partial charge is 0.387 e. The van der Waals surface area contributed by atoms with Gasteiger partial charge >= 0.3 is 9.15 Å². The quantitative estimate of drug-likeness (QED) is 0.312. The first-order valence-corrected chi connectivity index (χ1v) is 11.3. The van der Waals surface area contributed by atoms with E-state index in [0.29, 0.717) is 17.3 Å². The van der Waals surface area contributed by atoms with Crippen LogP contribution in [-0.2, 0) is 13.9 Å². The van der Waals surface area contributed by atoms with Gasteiger partial charge in [-0.15, -0.1) is 0 Å². The third-order valence-corrected chi connectivity index (χ3v) is 7.30. The van der Waals surface area contributed by atoms with Crippen LogP contribution in [0.4, 0.5) is 0 Å². The summed E-state index contributed by atoms with van der Waals surface area (Å²) in [6.07, 6.45) is 7.67. The van der Waals surface area contributed by atoms with E-state index in [-0.39, 0.29) is 23.3 Å². The summed E-state index contributed by atoms with van der Waals surface area (Å²) in [4.78, 5) is 4.20. The molecule has 1 atom stereocenters. The summed E-state index contributed by atoms with van der Waals surface area (Å²) >= 11 is 0. The Morgan fingerprint density at radius 3 is 2.30 bits per heavy atom. The molecule has 0 aromatic heterocycles. The SMILES string of the molecule is CC(CN=C(N)CSS(=O)(=O)O)OC12CC3CC(CC(C3)C1)C2. The summed E-state index contributed by atoms with van der Waals surface area (Å²) in [6, 6.07) is 0. The Morgan fingerprint density at radius 2 is 1.83 bits per heavy atom. The van der Waals surface area contributed by atoms with Gasteiger partial charge in [0.05, 0.1) is 24.0 Å². The predicted molar refractivity (Wildman–Crippen MR) is 91.9 cm³/mol. The summed E-state index contributed by atoms with van der Waals surface area (Å²) < 4.78 is 36.4. The fourth-order valence-corrected chi connectivity index (χ4v) is 6.24. The maximum Gasteiger partial charge on any atom is 0.320 e. The van der Waals surface area contributed by atoms with Crippen molar-refractivity contribution in [2.75, 3.05) is 12.3 Å². The van der Waals surface area contributed by atoms with E-state index in [1.54, 1.807) is 0 Å². The number of aliphatic imine (C=N–C) groups is 1. The van der Waals surface area contributed by atoms with Crippen molar-refractivity contribution in [3.05, 3.63) is 0 Å². The Balaban J connectivity index is 1.50. The summed E-state index contributed by atoms with van der Waals surface area (Å²) in [5, 5.41) is 0. The number of hydrogen-bond donors (Lipinski definition) is 2. The summed E-state index contributed by atoms with van der Waals surface area (Å²) in [5.41, 5.74) is 5.73. The third-order valence-electron chi connectivity index (χ3n) is 5.34. The Hall–Kier alpha value is -0.310. The number of hydrogen-bond acceptors (Lipinski definition) is 5. The van der Waals surface area contributed by atoms with E-state index in [1.807, 2.05) is 6.92 Å². The molecule has 0 aliphatic heterocycles. The van der Waals surface area contributed by atoms with Gasteiger partial charge in [0.15, 0.2) is 0 Å². The van der Waals surface area contributed by atoms with Crippen molar-refractivity contribution in [3.8, 4) is 0 Å². The molecule has 4 saturated carbocycles. The molecule has 0 heterocycles.